The number of ether oxygens (including phenoxy) is 1. The van der Waals surface area contributed by atoms with E-state index in [1.807, 2.05) is 11.8 Å². The standard InChI is InChI=1S/C21H26N2O2/c1-4-25-20-19(6-5-13-22-20)21(24)23(18-11-12-18)14-16-7-9-17(10-8-16)15(2)3/h5-10,13,15,18H,4,11-12,14H2,1-3H3. The first kappa shape index (κ1) is 17.5. The van der Waals surface area contributed by atoms with Crippen molar-refractivity contribution in [1.29, 1.82) is 0 Å². The molecule has 2 aromatic rings. The van der Waals surface area contributed by atoms with Crippen molar-refractivity contribution in [2.75, 3.05) is 6.61 Å². The minimum Gasteiger partial charge on any atom is -0.477 e. The first-order valence-electron chi connectivity index (χ1n) is 9.07. The fourth-order valence-electron chi connectivity index (χ4n) is 2.92. The Morgan fingerprint density at radius 2 is 1.96 bits per heavy atom. The lowest BCUT2D eigenvalue weighted by Crippen LogP contribution is -2.33. The van der Waals surface area contributed by atoms with Crippen molar-refractivity contribution in [3.05, 3.63) is 59.3 Å². The Kier molecular flexibility index (Phi) is 5.37. The lowest BCUT2D eigenvalue weighted by atomic mass is 10.0. The molecule has 1 saturated carbocycles. The van der Waals surface area contributed by atoms with Gasteiger partial charge >= 0.3 is 0 Å². The lowest BCUT2D eigenvalue weighted by Gasteiger charge is -2.23. The Balaban J connectivity index is 1.80. The van der Waals surface area contributed by atoms with E-state index in [0.29, 0.717) is 36.6 Å². The molecule has 0 spiro atoms. The number of benzene rings is 1. The van der Waals surface area contributed by atoms with Crippen LogP contribution in [-0.2, 0) is 6.54 Å². The molecule has 0 saturated heterocycles. The summed E-state index contributed by atoms with van der Waals surface area (Å²) in [6, 6.07) is 12.5. The fourth-order valence-corrected chi connectivity index (χ4v) is 2.92. The van der Waals surface area contributed by atoms with Crippen LogP contribution < -0.4 is 4.74 Å². The monoisotopic (exact) mass is 338 g/mol. The third-order valence-corrected chi connectivity index (χ3v) is 4.53. The van der Waals surface area contributed by atoms with Crippen molar-refractivity contribution in [3.8, 4) is 5.88 Å². The maximum atomic E-state index is 13.1. The Morgan fingerprint density at radius 3 is 2.56 bits per heavy atom. The molecule has 132 valence electrons. The van der Waals surface area contributed by atoms with E-state index in [0.717, 1.165) is 18.4 Å². The molecule has 3 rings (SSSR count). The molecule has 0 radical (unpaired) electrons. The summed E-state index contributed by atoms with van der Waals surface area (Å²) in [5, 5.41) is 0. The molecule has 0 bridgehead atoms. The molecule has 0 unspecified atom stereocenters. The highest BCUT2D eigenvalue weighted by atomic mass is 16.5. The largest absolute Gasteiger partial charge is 0.477 e. The second kappa shape index (κ2) is 7.68. The topological polar surface area (TPSA) is 42.4 Å². The maximum Gasteiger partial charge on any atom is 0.259 e. The van der Waals surface area contributed by atoms with Crippen LogP contribution in [0.2, 0.25) is 0 Å². The van der Waals surface area contributed by atoms with Crippen LogP contribution >= 0.6 is 0 Å². The molecule has 4 nitrogen and oxygen atoms in total. The van der Waals surface area contributed by atoms with Crippen molar-refractivity contribution in [2.24, 2.45) is 0 Å². The zero-order valence-corrected chi connectivity index (χ0v) is 15.2. The number of hydrogen-bond donors (Lipinski definition) is 0. The van der Waals surface area contributed by atoms with Crippen LogP contribution in [0, 0.1) is 0 Å². The van der Waals surface area contributed by atoms with Crippen LogP contribution in [0.4, 0.5) is 0 Å². The molecule has 1 aromatic carbocycles. The van der Waals surface area contributed by atoms with Gasteiger partial charge in [0.05, 0.1) is 6.61 Å². The van der Waals surface area contributed by atoms with Crippen LogP contribution in [0.5, 0.6) is 5.88 Å². The van der Waals surface area contributed by atoms with E-state index in [1.165, 1.54) is 5.56 Å². The van der Waals surface area contributed by atoms with Gasteiger partial charge in [0.25, 0.3) is 5.91 Å². The molecule has 0 N–H and O–H groups in total. The molecule has 0 aliphatic heterocycles. The summed E-state index contributed by atoms with van der Waals surface area (Å²) in [7, 11) is 0. The Labute approximate surface area is 149 Å². The lowest BCUT2D eigenvalue weighted by molar-refractivity contribution is 0.0724. The van der Waals surface area contributed by atoms with Gasteiger partial charge in [0.15, 0.2) is 0 Å². The van der Waals surface area contributed by atoms with Gasteiger partial charge in [-0.1, -0.05) is 38.1 Å². The van der Waals surface area contributed by atoms with Crippen molar-refractivity contribution < 1.29 is 9.53 Å². The van der Waals surface area contributed by atoms with Crippen LogP contribution in [0.15, 0.2) is 42.6 Å². The van der Waals surface area contributed by atoms with Gasteiger partial charge in [0, 0.05) is 18.8 Å². The predicted molar refractivity (Wildman–Crippen MR) is 98.8 cm³/mol. The van der Waals surface area contributed by atoms with Gasteiger partial charge in [0.1, 0.15) is 5.56 Å². The summed E-state index contributed by atoms with van der Waals surface area (Å²) in [6.07, 6.45) is 3.80. The molecular formula is C21H26N2O2. The number of carbonyl (C=O) groups is 1. The summed E-state index contributed by atoms with van der Waals surface area (Å²) < 4.78 is 5.54. The van der Waals surface area contributed by atoms with Crippen LogP contribution in [-0.4, -0.2) is 28.4 Å². The Bertz CT molecular complexity index is 721. The van der Waals surface area contributed by atoms with Crippen molar-refractivity contribution in [1.82, 2.24) is 9.88 Å². The quantitative estimate of drug-likeness (QED) is 0.751. The molecule has 25 heavy (non-hydrogen) atoms. The third kappa shape index (κ3) is 4.19. The van der Waals surface area contributed by atoms with E-state index in [-0.39, 0.29) is 5.91 Å². The van der Waals surface area contributed by atoms with Gasteiger partial charge in [-0.25, -0.2) is 4.98 Å². The minimum absolute atomic E-state index is 0.00647. The maximum absolute atomic E-state index is 13.1. The van der Waals surface area contributed by atoms with Crippen molar-refractivity contribution >= 4 is 5.91 Å². The van der Waals surface area contributed by atoms with Crippen LogP contribution in [0.3, 0.4) is 0 Å². The predicted octanol–water partition coefficient (Wildman–Crippen LogP) is 4.41. The third-order valence-electron chi connectivity index (χ3n) is 4.53. The van der Waals surface area contributed by atoms with Gasteiger partial charge in [-0.2, -0.15) is 0 Å². The number of amides is 1. The number of hydrogen-bond acceptors (Lipinski definition) is 3. The molecule has 1 heterocycles. The Morgan fingerprint density at radius 1 is 1.24 bits per heavy atom. The van der Waals surface area contributed by atoms with E-state index in [4.69, 9.17) is 4.74 Å². The molecule has 1 aliphatic rings. The van der Waals surface area contributed by atoms with E-state index < -0.39 is 0 Å². The molecule has 4 heteroatoms. The van der Waals surface area contributed by atoms with E-state index in [2.05, 4.69) is 43.1 Å². The summed E-state index contributed by atoms with van der Waals surface area (Å²) in [4.78, 5) is 19.3. The van der Waals surface area contributed by atoms with Gasteiger partial charge in [-0.3, -0.25) is 4.79 Å². The molecule has 0 atom stereocenters. The van der Waals surface area contributed by atoms with Crippen molar-refractivity contribution in [3.63, 3.8) is 0 Å². The highest BCUT2D eigenvalue weighted by Gasteiger charge is 2.34. The normalized spacial score (nSPS) is 13.8. The second-order valence-corrected chi connectivity index (χ2v) is 6.85. The van der Waals surface area contributed by atoms with E-state index in [1.54, 1.807) is 18.3 Å². The summed E-state index contributed by atoms with van der Waals surface area (Å²) in [5.41, 5.74) is 3.03. The van der Waals surface area contributed by atoms with Gasteiger partial charge < -0.3 is 9.64 Å². The summed E-state index contributed by atoms with van der Waals surface area (Å²) in [5.74, 6) is 0.946. The minimum atomic E-state index is 0.00647. The molecule has 1 aliphatic carbocycles. The van der Waals surface area contributed by atoms with Crippen LogP contribution in [0.25, 0.3) is 0 Å². The molecule has 1 fully saturated rings. The zero-order chi connectivity index (χ0) is 17.8. The highest BCUT2D eigenvalue weighted by Crippen LogP contribution is 2.31. The average Bonchev–Trinajstić information content (AvgIpc) is 3.45. The van der Waals surface area contributed by atoms with E-state index in [9.17, 15) is 4.79 Å². The average molecular weight is 338 g/mol. The summed E-state index contributed by atoms with van der Waals surface area (Å²) >= 11 is 0. The first-order chi connectivity index (χ1) is 12.1. The smallest absolute Gasteiger partial charge is 0.259 e. The fraction of sp³-hybridized carbons (Fsp3) is 0.429. The van der Waals surface area contributed by atoms with Gasteiger partial charge in [-0.15, -0.1) is 0 Å². The Hall–Kier alpha value is -2.36. The van der Waals surface area contributed by atoms with Crippen LogP contribution in [0.1, 0.15) is 61.0 Å². The number of aromatic nitrogens is 1. The number of carbonyl (C=O) groups excluding carboxylic acids is 1. The number of rotatable bonds is 7. The van der Waals surface area contributed by atoms with Gasteiger partial charge in [0.2, 0.25) is 5.88 Å². The highest BCUT2D eigenvalue weighted by molar-refractivity contribution is 5.96. The first-order valence-corrected chi connectivity index (χ1v) is 9.07. The number of nitrogens with zero attached hydrogens (tertiary/aromatic N) is 2. The molecule has 1 aromatic heterocycles. The van der Waals surface area contributed by atoms with E-state index >= 15 is 0 Å². The second-order valence-electron chi connectivity index (χ2n) is 6.85. The summed E-state index contributed by atoms with van der Waals surface area (Å²) in [6.45, 7) is 7.40. The zero-order valence-electron chi connectivity index (χ0n) is 15.2. The SMILES string of the molecule is CCOc1ncccc1C(=O)N(Cc1ccc(C(C)C)cc1)C1CC1. The van der Waals surface area contributed by atoms with Crippen molar-refractivity contribution in [2.45, 2.75) is 52.1 Å². The molecular weight excluding hydrogens is 312 g/mol. The molecule has 1 amide bonds. The van der Waals surface area contributed by atoms with Gasteiger partial charge in [-0.05, 0) is 48.9 Å². The number of pyridine rings is 1.